The number of ether oxygens (including phenoxy) is 3. The molecule has 3 aromatic carbocycles. The Morgan fingerprint density at radius 3 is 1.00 bits per heavy atom. The molecule has 5 heterocycles. The van der Waals surface area contributed by atoms with Crippen LogP contribution in [0.1, 0.15) is 115 Å². The number of hydrogen-bond donors (Lipinski definition) is 6. The average molecular weight is 1370 g/mol. The van der Waals surface area contributed by atoms with Gasteiger partial charge in [0.05, 0.1) is 16.9 Å². The summed E-state index contributed by atoms with van der Waals surface area (Å²) >= 11 is 0. The fraction of sp³-hybridized carbons (Fsp3) is 0.437. The van der Waals surface area contributed by atoms with Gasteiger partial charge in [-0.2, -0.15) is 0 Å². The molecule has 0 saturated carbocycles. The summed E-state index contributed by atoms with van der Waals surface area (Å²) in [6.45, 7) is 30.5. The molecule has 1 aliphatic heterocycles. The van der Waals surface area contributed by atoms with Crippen LogP contribution in [0.3, 0.4) is 0 Å². The van der Waals surface area contributed by atoms with Crippen LogP contribution in [0, 0.1) is 27.7 Å². The summed E-state index contributed by atoms with van der Waals surface area (Å²) in [7, 11) is -8.67. The van der Waals surface area contributed by atoms with E-state index in [1.165, 1.54) is 0 Å². The third-order valence-electron chi connectivity index (χ3n) is 15.9. The summed E-state index contributed by atoms with van der Waals surface area (Å²) in [6, 6.07) is 28.9. The molecule has 0 atom stereocenters. The molecule has 25 heteroatoms. The van der Waals surface area contributed by atoms with Crippen LogP contribution < -0.4 is 30.2 Å². The van der Waals surface area contributed by atoms with Crippen molar-refractivity contribution in [1.82, 2.24) is 35.9 Å². The second-order valence-corrected chi connectivity index (χ2v) is 31.0. The highest BCUT2D eigenvalue weighted by atomic mass is 28.4. The first kappa shape index (κ1) is 74.3. The van der Waals surface area contributed by atoms with Gasteiger partial charge in [-0.25, -0.2) is 19.4 Å². The molecule has 518 valence electrons. The number of rotatable bonds is 36. The number of aromatic amines is 3. The molecule has 0 radical (unpaired) electrons. The SMILES string of the molecule is CCO[Si](CCCNC(=O)Oc1ccc(-c2c3ccc([nH]3)c(-c3c(C)cc(OC(=O)NCCC[Si](OCC)(OCC)OCC)cc3C)c3nc(c4ccc([nH]4)c(-c4c(C)cc(OC(=O)NCCC[Si](OCC)(OCC)OCC)cc4C)c4ccc2[nH]4)C=C3)cc1)(OCC)OCC. The highest BCUT2D eigenvalue weighted by Gasteiger charge is 2.42. The van der Waals surface area contributed by atoms with E-state index < -0.39 is 44.7 Å². The highest BCUT2D eigenvalue weighted by molar-refractivity contribution is 6.61. The van der Waals surface area contributed by atoms with Crippen molar-refractivity contribution in [3.8, 4) is 50.6 Å². The zero-order valence-corrected chi connectivity index (χ0v) is 61.0. The molecule has 0 spiro atoms. The van der Waals surface area contributed by atoms with Gasteiger partial charge in [-0.15, -0.1) is 0 Å². The van der Waals surface area contributed by atoms with Gasteiger partial charge in [0, 0.05) is 142 Å². The molecule has 0 fully saturated rings. The second-order valence-electron chi connectivity index (χ2n) is 22.8. The summed E-state index contributed by atoms with van der Waals surface area (Å²) in [6.07, 6.45) is 4.02. The van der Waals surface area contributed by atoms with Crippen molar-refractivity contribution in [3.63, 3.8) is 0 Å². The quantitative estimate of drug-likeness (QED) is 0.0158. The summed E-state index contributed by atoms with van der Waals surface area (Å²) in [5.74, 6) is 1.13. The smallest absolute Gasteiger partial charge is 0.410 e. The monoisotopic (exact) mass is 1370 g/mol. The van der Waals surface area contributed by atoms with E-state index >= 15 is 0 Å². The number of benzene rings is 3. The first-order valence-corrected chi connectivity index (χ1v) is 39.5. The molecule has 22 nitrogen and oxygen atoms in total. The van der Waals surface area contributed by atoms with E-state index in [2.05, 4.69) is 61.2 Å². The van der Waals surface area contributed by atoms with Gasteiger partial charge in [-0.05, 0) is 233 Å². The maximum absolute atomic E-state index is 13.4. The highest BCUT2D eigenvalue weighted by Crippen LogP contribution is 2.41. The van der Waals surface area contributed by atoms with Crippen LogP contribution in [0.15, 0.2) is 84.9 Å². The molecule has 7 aromatic rings. The van der Waals surface area contributed by atoms with Crippen molar-refractivity contribution in [2.24, 2.45) is 0 Å². The lowest BCUT2D eigenvalue weighted by Gasteiger charge is -2.28. The molecule has 96 heavy (non-hydrogen) atoms. The predicted octanol–water partition coefficient (Wildman–Crippen LogP) is 15.5. The number of amides is 3. The number of H-pyrrole nitrogens is 3. The fourth-order valence-electron chi connectivity index (χ4n) is 12.3. The van der Waals surface area contributed by atoms with Gasteiger partial charge in [0.2, 0.25) is 0 Å². The predicted molar refractivity (Wildman–Crippen MR) is 383 cm³/mol. The van der Waals surface area contributed by atoms with Crippen LogP contribution in [0.2, 0.25) is 18.1 Å². The molecule has 8 rings (SSSR count). The molecule has 3 amide bonds. The Labute approximate surface area is 567 Å². The Morgan fingerprint density at radius 2 is 0.646 bits per heavy atom. The summed E-state index contributed by atoms with van der Waals surface area (Å²) in [4.78, 5) is 56.9. The third kappa shape index (κ3) is 19.0. The standard InChI is InChI=1S/C71H97N7O15Si3/c1-14-82-94(83-15-2,84-16-3)41-23-38-72-69(79)91-53-28-26-52(27-29-53)66-58-34-36-62(77-58)67(64-48(10)44-54(45-49(64)11)92-70(80)73-39-24-42-95(85-17-4,86-18-5)87-19-6)60-32-30-56(75-60)57-31-33-61(76-57)68(63-37-35-59(66)78-63)65-50(12)46-55(47-51(65)13)93-71(81)74-40-25-43-96(88-20-7,89-21-8)90-22-9/h26-37,44-47,75,77-78H,14-25,38-43H2,1-13H3,(H,72,79)(H,73,80)(H,74,81). The van der Waals surface area contributed by atoms with Gasteiger partial charge in [-0.3, -0.25) is 0 Å². The molecular weight excluding hydrogens is 1280 g/mol. The van der Waals surface area contributed by atoms with Crippen molar-refractivity contribution in [2.45, 2.75) is 127 Å². The molecular formula is C71H97N7O15Si3. The number of fused-ring (bicyclic) bond motifs is 9. The molecule has 0 aliphatic carbocycles. The van der Waals surface area contributed by atoms with Crippen molar-refractivity contribution >= 4 is 89.9 Å². The third-order valence-corrected chi connectivity index (χ3v) is 25.4. The number of nitrogens with one attached hydrogen (secondary N) is 6. The largest absolute Gasteiger partial charge is 0.500 e. The van der Waals surface area contributed by atoms with E-state index in [9.17, 15) is 14.4 Å². The van der Waals surface area contributed by atoms with Crippen LogP contribution in [-0.2, 0) is 39.8 Å². The summed E-state index contributed by atoms with van der Waals surface area (Å²) in [5.41, 5.74) is 14.8. The lowest BCUT2D eigenvalue weighted by atomic mass is 9.94. The molecule has 4 aromatic heterocycles. The van der Waals surface area contributed by atoms with Gasteiger partial charge in [0.15, 0.2) is 0 Å². The van der Waals surface area contributed by atoms with Gasteiger partial charge in [0.25, 0.3) is 0 Å². The molecule has 1 aliphatic rings. The summed E-state index contributed by atoms with van der Waals surface area (Å²) < 4.78 is 71.9. The topological polar surface area (TPSA) is 258 Å². The Balaban J connectivity index is 1.17. The summed E-state index contributed by atoms with van der Waals surface area (Å²) in [5, 5.41) is 8.69. The van der Waals surface area contributed by atoms with Crippen LogP contribution in [0.4, 0.5) is 14.4 Å². The van der Waals surface area contributed by atoms with Crippen LogP contribution in [-0.4, -0.2) is 144 Å². The minimum atomic E-state index is -2.89. The van der Waals surface area contributed by atoms with Crippen molar-refractivity contribution < 1.29 is 68.4 Å². The van der Waals surface area contributed by atoms with E-state index in [0.717, 1.165) is 94.4 Å². The molecule has 0 unspecified atom stereocenters. The number of aryl methyl sites for hydroxylation is 4. The van der Waals surface area contributed by atoms with Crippen LogP contribution in [0.25, 0.3) is 78.6 Å². The van der Waals surface area contributed by atoms with Gasteiger partial charge >= 0.3 is 44.7 Å². The number of aromatic nitrogens is 4. The Bertz CT molecular complexity index is 3810. The van der Waals surface area contributed by atoms with E-state index in [0.29, 0.717) is 139 Å². The number of carbonyl (C=O) groups excluding carboxylic acids is 3. The van der Waals surface area contributed by atoms with Crippen molar-refractivity contribution in [3.05, 3.63) is 119 Å². The number of nitrogens with zero attached hydrogens (tertiary/aromatic N) is 1. The maximum Gasteiger partial charge on any atom is 0.500 e. The maximum atomic E-state index is 13.4. The molecule has 0 saturated heterocycles. The minimum Gasteiger partial charge on any atom is -0.410 e. The zero-order chi connectivity index (χ0) is 68.8. The minimum absolute atomic E-state index is 0.333. The van der Waals surface area contributed by atoms with Gasteiger partial charge < -0.3 is 84.9 Å². The van der Waals surface area contributed by atoms with Crippen molar-refractivity contribution in [2.75, 3.05) is 79.1 Å². The van der Waals surface area contributed by atoms with E-state index in [1.54, 1.807) is 12.1 Å². The van der Waals surface area contributed by atoms with E-state index in [-0.39, 0.29) is 0 Å². The zero-order valence-electron chi connectivity index (χ0n) is 58.0. The Kier molecular flexibility index (Phi) is 27.6. The first-order chi connectivity index (χ1) is 46.4. The first-order valence-electron chi connectivity index (χ1n) is 33.7. The fourth-order valence-corrected chi connectivity index (χ4v) is 20.2. The van der Waals surface area contributed by atoms with Crippen LogP contribution >= 0.6 is 0 Å². The lowest BCUT2D eigenvalue weighted by Crippen LogP contribution is -2.46. The lowest BCUT2D eigenvalue weighted by molar-refractivity contribution is 0.0700. The number of carbonyl (C=O) groups is 3. The number of hydrogen-bond acceptors (Lipinski definition) is 16. The van der Waals surface area contributed by atoms with Gasteiger partial charge in [0.1, 0.15) is 17.2 Å². The second kappa shape index (κ2) is 35.7. The van der Waals surface area contributed by atoms with E-state index in [1.807, 2.05) is 145 Å². The van der Waals surface area contributed by atoms with Gasteiger partial charge in [-0.1, -0.05) is 12.1 Å². The van der Waals surface area contributed by atoms with E-state index in [4.69, 9.17) is 59.0 Å². The normalized spacial score (nSPS) is 12.2. The molecule has 8 bridgehead atoms. The Morgan fingerprint density at radius 1 is 0.354 bits per heavy atom. The average Bonchev–Trinajstić information content (AvgIpc) is 1.68. The van der Waals surface area contributed by atoms with Crippen LogP contribution in [0.5, 0.6) is 17.2 Å². The van der Waals surface area contributed by atoms with Crippen molar-refractivity contribution in [1.29, 1.82) is 0 Å². The molecule has 6 N–H and O–H groups in total. The Hall–Kier alpha value is -7.51.